The summed E-state index contributed by atoms with van der Waals surface area (Å²) >= 11 is 1.32. The van der Waals surface area contributed by atoms with Crippen LogP contribution >= 0.6 is 11.3 Å². The van der Waals surface area contributed by atoms with Gasteiger partial charge in [0.15, 0.2) is 0 Å². The largest absolute Gasteiger partial charge is 0.444 e. The molecule has 2 aromatic heterocycles. The fourth-order valence-corrected chi connectivity index (χ4v) is 3.88. The average molecular weight is 301 g/mol. The van der Waals surface area contributed by atoms with Crippen molar-refractivity contribution >= 4 is 21.4 Å². The lowest BCUT2D eigenvalue weighted by atomic mass is 10.4. The third kappa shape index (κ3) is 3.21. The van der Waals surface area contributed by atoms with Crippen LogP contribution < -0.4 is 10.5 Å². The number of rotatable bonds is 5. The van der Waals surface area contributed by atoms with E-state index in [1.165, 1.54) is 11.3 Å². The summed E-state index contributed by atoms with van der Waals surface area (Å²) < 4.78 is 32.1. The van der Waals surface area contributed by atoms with Gasteiger partial charge in [-0.2, -0.15) is 4.72 Å². The number of sulfonamides is 1. The molecule has 1 atom stereocenters. The van der Waals surface area contributed by atoms with E-state index in [4.69, 9.17) is 10.2 Å². The van der Waals surface area contributed by atoms with Crippen LogP contribution in [0.2, 0.25) is 0 Å². The third-order valence-electron chi connectivity index (χ3n) is 2.48. The van der Waals surface area contributed by atoms with E-state index in [0.29, 0.717) is 18.2 Å². The summed E-state index contributed by atoms with van der Waals surface area (Å²) in [5, 5.41) is 1.57. The van der Waals surface area contributed by atoms with E-state index in [1.807, 2.05) is 0 Å². The number of nitrogens with zero attached hydrogens (tertiary/aromatic N) is 1. The van der Waals surface area contributed by atoms with Crippen molar-refractivity contribution in [3.05, 3.63) is 34.2 Å². The first kappa shape index (κ1) is 14.2. The Balaban J connectivity index is 2.17. The average Bonchev–Trinajstić information content (AvgIpc) is 2.96. The highest BCUT2D eigenvalue weighted by Crippen LogP contribution is 2.21. The highest BCUT2D eigenvalue weighted by molar-refractivity contribution is 7.89. The Hall–Kier alpha value is -1.22. The zero-order chi connectivity index (χ0) is 14.0. The van der Waals surface area contributed by atoms with Gasteiger partial charge in [-0.15, -0.1) is 11.3 Å². The minimum absolute atomic E-state index is 0.216. The van der Waals surface area contributed by atoms with E-state index >= 15 is 0 Å². The predicted molar refractivity (Wildman–Crippen MR) is 72.2 cm³/mol. The maximum absolute atomic E-state index is 12.1. The Morgan fingerprint density at radius 3 is 2.84 bits per heavy atom. The van der Waals surface area contributed by atoms with Crippen LogP contribution in [0.4, 0.5) is 0 Å². The van der Waals surface area contributed by atoms with Crippen LogP contribution in [0.1, 0.15) is 29.5 Å². The summed E-state index contributed by atoms with van der Waals surface area (Å²) in [5.41, 5.74) is 5.47. The molecule has 6 nitrogen and oxygen atoms in total. The first-order valence-corrected chi connectivity index (χ1v) is 8.01. The topological polar surface area (TPSA) is 98.2 Å². The van der Waals surface area contributed by atoms with Gasteiger partial charge in [0.05, 0.1) is 17.1 Å². The van der Waals surface area contributed by atoms with E-state index in [1.54, 1.807) is 31.5 Å². The molecule has 0 saturated heterocycles. The van der Waals surface area contributed by atoms with Crippen molar-refractivity contribution in [3.8, 4) is 0 Å². The van der Waals surface area contributed by atoms with Crippen molar-refractivity contribution in [1.82, 2.24) is 9.71 Å². The number of oxazole rings is 1. The lowest BCUT2D eigenvalue weighted by Crippen LogP contribution is -2.26. The second-order valence-electron chi connectivity index (χ2n) is 4.10. The number of aromatic nitrogens is 1. The molecule has 1 unspecified atom stereocenters. The highest BCUT2D eigenvalue weighted by Gasteiger charge is 2.22. The molecule has 104 valence electrons. The van der Waals surface area contributed by atoms with Crippen LogP contribution in [0.5, 0.6) is 0 Å². The van der Waals surface area contributed by atoms with Crippen molar-refractivity contribution in [3.63, 3.8) is 0 Å². The predicted octanol–water partition coefficient (Wildman–Crippen LogP) is 1.54. The molecular formula is C11H15N3O3S2. The van der Waals surface area contributed by atoms with Crippen LogP contribution in [0.15, 0.2) is 27.0 Å². The summed E-state index contributed by atoms with van der Waals surface area (Å²) in [6.45, 7) is 3.76. The highest BCUT2D eigenvalue weighted by atomic mass is 32.2. The van der Waals surface area contributed by atoms with Crippen LogP contribution in [0.3, 0.4) is 0 Å². The van der Waals surface area contributed by atoms with E-state index < -0.39 is 16.1 Å². The summed E-state index contributed by atoms with van der Waals surface area (Å²) in [7, 11) is -3.58. The second kappa shape index (κ2) is 5.41. The van der Waals surface area contributed by atoms with Crippen LogP contribution in [0, 0.1) is 6.92 Å². The number of aryl methyl sites for hydroxylation is 1. The number of nitrogens with two attached hydrogens (primary N) is 1. The van der Waals surface area contributed by atoms with Gasteiger partial charge in [0.25, 0.3) is 0 Å². The Labute approximate surface area is 115 Å². The summed E-state index contributed by atoms with van der Waals surface area (Å²) in [6, 6.07) is 1.04. The maximum atomic E-state index is 12.1. The van der Waals surface area contributed by atoms with Crippen LogP contribution in [-0.4, -0.2) is 13.4 Å². The molecule has 0 fully saturated rings. The van der Waals surface area contributed by atoms with Gasteiger partial charge in [0.1, 0.15) is 5.76 Å². The molecule has 3 N–H and O–H groups in total. The molecule has 0 radical (unpaired) electrons. The van der Waals surface area contributed by atoms with Gasteiger partial charge >= 0.3 is 0 Å². The molecule has 0 aliphatic rings. The Morgan fingerprint density at radius 2 is 2.32 bits per heavy atom. The summed E-state index contributed by atoms with van der Waals surface area (Å²) in [5.74, 6) is 0.984. The lowest BCUT2D eigenvalue weighted by Gasteiger charge is -2.09. The van der Waals surface area contributed by atoms with Gasteiger partial charge in [-0.1, -0.05) is 0 Å². The van der Waals surface area contributed by atoms with Crippen molar-refractivity contribution < 1.29 is 12.8 Å². The molecule has 2 aromatic rings. The maximum Gasteiger partial charge on any atom is 0.242 e. The Kier molecular flexibility index (Phi) is 4.04. The molecule has 0 spiro atoms. The van der Waals surface area contributed by atoms with Gasteiger partial charge in [0.2, 0.25) is 15.9 Å². The Morgan fingerprint density at radius 1 is 1.58 bits per heavy atom. The first-order chi connectivity index (χ1) is 8.92. The van der Waals surface area contributed by atoms with Gasteiger partial charge in [-0.25, -0.2) is 13.4 Å². The SMILES string of the molecule is Cc1cnc(C(C)NS(=O)(=O)c2csc(CN)c2)o1. The van der Waals surface area contributed by atoms with Gasteiger partial charge < -0.3 is 10.2 Å². The van der Waals surface area contributed by atoms with Gasteiger partial charge in [0, 0.05) is 16.8 Å². The molecule has 2 rings (SSSR count). The molecule has 0 aromatic carbocycles. The van der Waals surface area contributed by atoms with E-state index in [2.05, 4.69) is 9.71 Å². The van der Waals surface area contributed by atoms with Gasteiger partial charge in [-0.05, 0) is 19.9 Å². The zero-order valence-electron chi connectivity index (χ0n) is 10.6. The van der Waals surface area contributed by atoms with E-state index in [-0.39, 0.29) is 4.90 Å². The van der Waals surface area contributed by atoms with Crippen LogP contribution in [-0.2, 0) is 16.6 Å². The minimum atomic E-state index is -3.58. The number of thiophene rings is 1. The molecule has 0 bridgehead atoms. The molecule has 8 heteroatoms. The second-order valence-corrected chi connectivity index (χ2v) is 6.81. The van der Waals surface area contributed by atoms with Crippen molar-refractivity contribution in [2.45, 2.75) is 31.3 Å². The monoisotopic (exact) mass is 301 g/mol. The molecular weight excluding hydrogens is 286 g/mol. The lowest BCUT2D eigenvalue weighted by molar-refractivity contribution is 0.428. The van der Waals surface area contributed by atoms with Gasteiger partial charge in [-0.3, -0.25) is 0 Å². The van der Waals surface area contributed by atoms with Crippen LogP contribution in [0.25, 0.3) is 0 Å². The summed E-state index contributed by atoms with van der Waals surface area (Å²) in [4.78, 5) is 5.04. The number of hydrogen-bond donors (Lipinski definition) is 2. The summed E-state index contributed by atoms with van der Waals surface area (Å²) in [6.07, 6.45) is 1.55. The van der Waals surface area contributed by atoms with E-state index in [0.717, 1.165) is 4.88 Å². The quantitative estimate of drug-likeness (QED) is 0.873. The fraction of sp³-hybridized carbons (Fsp3) is 0.364. The number of nitrogens with one attached hydrogen (secondary N) is 1. The van der Waals surface area contributed by atoms with Crippen molar-refractivity contribution in [1.29, 1.82) is 0 Å². The molecule has 0 aliphatic carbocycles. The third-order valence-corrected chi connectivity index (χ3v) is 5.11. The minimum Gasteiger partial charge on any atom is -0.444 e. The molecule has 2 heterocycles. The van der Waals surface area contributed by atoms with Crippen molar-refractivity contribution in [2.75, 3.05) is 0 Å². The molecule has 0 amide bonds. The molecule has 19 heavy (non-hydrogen) atoms. The van der Waals surface area contributed by atoms with E-state index in [9.17, 15) is 8.42 Å². The Bertz CT molecular complexity index is 660. The fourth-order valence-electron chi connectivity index (χ4n) is 1.53. The van der Waals surface area contributed by atoms with Crippen molar-refractivity contribution in [2.24, 2.45) is 5.73 Å². The first-order valence-electron chi connectivity index (χ1n) is 5.64. The zero-order valence-corrected chi connectivity index (χ0v) is 12.2. The standard InChI is InChI=1S/C11H15N3O3S2/c1-7-5-13-11(17-7)8(2)14-19(15,16)10-3-9(4-12)18-6-10/h3,5-6,8,14H,4,12H2,1-2H3. The normalized spacial score (nSPS) is 13.6. The number of hydrogen-bond acceptors (Lipinski definition) is 6. The molecule has 0 aliphatic heterocycles. The molecule has 0 saturated carbocycles. The smallest absolute Gasteiger partial charge is 0.242 e.